The molecule has 2 unspecified atom stereocenters. The predicted octanol–water partition coefficient (Wildman–Crippen LogP) is 1.75. The van der Waals surface area contributed by atoms with Crippen LogP contribution in [0.15, 0.2) is 18.2 Å². The molecular formula is C13H18O3. The summed E-state index contributed by atoms with van der Waals surface area (Å²) in [5.74, 6) is 0. The van der Waals surface area contributed by atoms with Crippen molar-refractivity contribution in [3.63, 3.8) is 0 Å². The van der Waals surface area contributed by atoms with Crippen LogP contribution < -0.4 is 0 Å². The minimum atomic E-state index is -0.598. The number of aryl methyl sites for hydroxylation is 2. The van der Waals surface area contributed by atoms with Crippen LogP contribution in [0.1, 0.15) is 22.8 Å². The van der Waals surface area contributed by atoms with Crippen LogP contribution in [-0.4, -0.2) is 31.0 Å². The van der Waals surface area contributed by atoms with E-state index in [0.29, 0.717) is 19.8 Å². The Morgan fingerprint density at radius 3 is 2.69 bits per heavy atom. The molecule has 1 fully saturated rings. The molecule has 1 aromatic carbocycles. The highest BCUT2D eigenvalue weighted by atomic mass is 16.6. The van der Waals surface area contributed by atoms with Gasteiger partial charge in [0.2, 0.25) is 0 Å². The van der Waals surface area contributed by atoms with Gasteiger partial charge in [-0.05, 0) is 30.5 Å². The highest BCUT2D eigenvalue weighted by Gasteiger charge is 2.24. The second kappa shape index (κ2) is 4.95. The van der Waals surface area contributed by atoms with Crippen molar-refractivity contribution in [1.82, 2.24) is 0 Å². The molecule has 0 saturated carbocycles. The van der Waals surface area contributed by atoms with E-state index in [1.807, 2.05) is 25.1 Å². The highest BCUT2D eigenvalue weighted by molar-refractivity contribution is 5.31. The topological polar surface area (TPSA) is 38.7 Å². The minimum absolute atomic E-state index is 0.240. The zero-order valence-corrected chi connectivity index (χ0v) is 9.77. The van der Waals surface area contributed by atoms with Gasteiger partial charge in [-0.1, -0.05) is 18.2 Å². The van der Waals surface area contributed by atoms with Gasteiger partial charge >= 0.3 is 0 Å². The Morgan fingerprint density at radius 1 is 1.25 bits per heavy atom. The summed E-state index contributed by atoms with van der Waals surface area (Å²) >= 11 is 0. The summed E-state index contributed by atoms with van der Waals surface area (Å²) in [4.78, 5) is 0. The number of aliphatic hydroxyl groups excluding tert-OH is 1. The first-order valence-electron chi connectivity index (χ1n) is 5.63. The maximum atomic E-state index is 10.2. The smallest absolute Gasteiger partial charge is 0.111 e. The molecule has 3 heteroatoms. The zero-order chi connectivity index (χ0) is 11.5. The van der Waals surface area contributed by atoms with Crippen molar-refractivity contribution in [3.05, 3.63) is 34.9 Å². The molecule has 1 heterocycles. The molecule has 2 rings (SSSR count). The van der Waals surface area contributed by atoms with Crippen LogP contribution in [0, 0.1) is 13.8 Å². The SMILES string of the molecule is Cc1ccc(C(O)C2COCCO2)cc1C. The fraction of sp³-hybridized carbons (Fsp3) is 0.538. The van der Waals surface area contributed by atoms with Crippen LogP contribution >= 0.6 is 0 Å². The van der Waals surface area contributed by atoms with Gasteiger partial charge in [-0.3, -0.25) is 0 Å². The second-order valence-electron chi connectivity index (χ2n) is 4.27. The number of hydrogen-bond donors (Lipinski definition) is 1. The van der Waals surface area contributed by atoms with E-state index in [9.17, 15) is 5.11 Å². The monoisotopic (exact) mass is 222 g/mol. The van der Waals surface area contributed by atoms with E-state index in [1.54, 1.807) is 0 Å². The van der Waals surface area contributed by atoms with Gasteiger partial charge in [-0.15, -0.1) is 0 Å². The summed E-state index contributed by atoms with van der Waals surface area (Å²) in [5.41, 5.74) is 3.32. The van der Waals surface area contributed by atoms with Crippen LogP contribution in [0.4, 0.5) is 0 Å². The molecule has 0 spiro atoms. The number of hydrogen-bond acceptors (Lipinski definition) is 3. The largest absolute Gasteiger partial charge is 0.386 e. The first-order valence-corrected chi connectivity index (χ1v) is 5.63. The van der Waals surface area contributed by atoms with E-state index in [0.717, 1.165) is 5.56 Å². The molecule has 0 aliphatic carbocycles. The fourth-order valence-corrected chi connectivity index (χ4v) is 1.85. The average Bonchev–Trinajstić information content (AvgIpc) is 2.33. The Balaban J connectivity index is 2.12. The van der Waals surface area contributed by atoms with Crippen LogP contribution in [0.3, 0.4) is 0 Å². The third kappa shape index (κ3) is 2.43. The van der Waals surface area contributed by atoms with Gasteiger partial charge in [0.25, 0.3) is 0 Å². The van der Waals surface area contributed by atoms with E-state index in [-0.39, 0.29) is 6.10 Å². The Kier molecular flexibility index (Phi) is 3.59. The lowest BCUT2D eigenvalue weighted by molar-refractivity contribution is -0.133. The average molecular weight is 222 g/mol. The van der Waals surface area contributed by atoms with E-state index in [4.69, 9.17) is 9.47 Å². The molecule has 1 N–H and O–H groups in total. The maximum absolute atomic E-state index is 10.2. The predicted molar refractivity (Wildman–Crippen MR) is 61.4 cm³/mol. The normalized spacial score (nSPS) is 23.1. The Hall–Kier alpha value is -0.900. The standard InChI is InChI=1S/C13H18O3/c1-9-3-4-11(7-10(9)2)13(14)12-8-15-5-6-16-12/h3-4,7,12-14H,5-6,8H2,1-2H3. The Bertz CT molecular complexity index is 356. The van der Waals surface area contributed by atoms with Crippen LogP contribution in [0.2, 0.25) is 0 Å². The molecule has 1 saturated heterocycles. The van der Waals surface area contributed by atoms with Gasteiger partial charge in [0.15, 0.2) is 0 Å². The molecule has 1 aromatic rings. The number of rotatable bonds is 2. The van der Waals surface area contributed by atoms with Crippen molar-refractivity contribution in [1.29, 1.82) is 0 Å². The van der Waals surface area contributed by atoms with Crippen LogP contribution in [0.5, 0.6) is 0 Å². The molecule has 0 aromatic heterocycles. The lowest BCUT2D eigenvalue weighted by Crippen LogP contribution is -2.33. The number of aliphatic hydroxyl groups is 1. The van der Waals surface area contributed by atoms with Gasteiger partial charge < -0.3 is 14.6 Å². The second-order valence-corrected chi connectivity index (χ2v) is 4.27. The van der Waals surface area contributed by atoms with Gasteiger partial charge in [0, 0.05) is 0 Å². The van der Waals surface area contributed by atoms with Crippen molar-refractivity contribution >= 4 is 0 Å². The van der Waals surface area contributed by atoms with Gasteiger partial charge in [0.1, 0.15) is 12.2 Å². The Labute approximate surface area is 96.0 Å². The Morgan fingerprint density at radius 2 is 2.06 bits per heavy atom. The lowest BCUT2D eigenvalue weighted by Gasteiger charge is -2.27. The summed E-state index contributed by atoms with van der Waals surface area (Å²) in [5, 5.41) is 10.2. The number of benzene rings is 1. The summed E-state index contributed by atoms with van der Waals surface area (Å²) in [6.07, 6.45) is -0.838. The fourth-order valence-electron chi connectivity index (χ4n) is 1.85. The van der Waals surface area contributed by atoms with Gasteiger partial charge in [-0.2, -0.15) is 0 Å². The first-order chi connectivity index (χ1) is 7.68. The van der Waals surface area contributed by atoms with E-state index in [2.05, 4.69) is 6.92 Å². The van der Waals surface area contributed by atoms with E-state index >= 15 is 0 Å². The first kappa shape index (κ1) is 11.6. The molecule has 88 valence electrons. The van der Waals surface area contributed by atoms with Crippen LogP contribution in [0.25, 0.3) is 0 Å². The molecular weight excluding hydrogens is 204 g/mol. The molecule has 0 radical (unpaired) electrons. The summed E-state index contributed by atoms with van der Waals surface area (Å²) in [7, 11) is 0. The third-order valence-corrected chi connectivity index (χ3v) is 3.07. The quantitative estimate of drug-likeness (QED) is 0.828. The molecule has 2 atom stereocenters. The van der Waals surface area contributed by atoms with E-state index in [1.165, 1.54) is 11.1 Å². The van der Waals surface area contributed by atoms with Crippen LogP contribution in [-0.2, 0) is 9.47 Å². The maximum Gasteiger partial charge on any atom is 0.111 e. The lowest BCUT2D eigenvalue weighted by atomic mass is 9.99. The zero-order valence-electron chi connectivity index (χ0n) is 9.77. The summed E-state index contributed by atoms with van der Waals surface area (Å²) in [6.45, 7) is 5.76. The van der Waals surface area contributed by atoms with Crippen molar-refractivity contribution in [3.8, 4) is 0 Å². The van der Waals surface area contributed by atoms with Gasteiger partial charge in [0.05, 0.1) is 19.8 Å². The molecule has 0 bridgehead atoms. The summed E-state index contributed by atoms with van der Waals surface area (Å²) < 4.78 is 10.8. The number of ether oxygens (including phenoxy) is 2. The molecule has 1 aliphatic heterocycles. The van der Waals surface area contributed by atoms with Gasteiger partial charge in [-0.25, -0.2) is 0 Å². The molecule has 1 aliphatic rings. The van der Waals surface area contributed by atoms with E-state index < -0.39 is 6.10 Å². The minimum Gasteiger partial charge on any atom is -0.386 e. The van der Waals surface area contributed by atoms with Crippen molar-refractivity contribution in [2.75, 3.05) is 19.8 Å². The van der Waals surface area contributed by atoms with Crippen molar-refractivity contribution in [2.45, 2.75) is 26.1 Å². The molecule has 3 nitrogen and oxygen atoms in total. The van der Waals surface area contributed by atoms with Crippen molar-refractivity contribution in [2.24, 2.45) is 0 Å². The third-order valence-electron chi connectivity index (χ3n) is 3.07. The molecule has 16 heavy (non-hydrogen) atoms. The molecule has 0 amide bonds. The summed E-state index contributed by atoms with van der Waals surface area (Å²) in [6, 6.07) is 5.99. The highest BCUT2D eigenvalue weighted by Crippen LogP contribution is 2.23. The van der Waals surface area contributed by atoms with Crippen molar-refractivity contribution < 1.29 is 14.6 Å².